The van der Waals surface area contributed by atoms with Crippen LogP contribution in [0.5, 0.6) is 0 Å². The quantitative estimate of drug-likeness (QED) is 0.751. The Morgan fingerprint density at radius 1 is 1.50 bits per heavy atom. The number of hydrogen-bond acceptors (Lipinski definition) is 4. The molecule has 1 saturated heterocycles. The zero-order chi connectivity index (χ0) is 10.0. The summed E-state index contributed by atoms with van der Waals surface area (Å²) in [7, 11) is 0. The Hall–Kier alpha value is -0.840. The van der Waals surface area contributed by atoms with E-state index in [4.69, 9.17) is 0 Å². The third-order valence-corrected chi connectivity index (χ3v) is 3.76. The van der Waals surface area contributed by atoms with E-state index in [2.05, 4.69) is 22.1 Å². The van der Waals surface area contributed by atoms with Crippen LogP contribution in [0.25, 0.3) is 0 Å². The van der Waals surface area contributed by atoms with E-state index in [1.165, 1.54) is 0 Å². The van der Waals surface area contributed by atoms with Crippen molar-refractivity contribution >= 4 is 18.0 Å². The van der Waals surface area contributed by atoms with Gasteiger partial charge < -0.3 is 0 Å². The monoisotopic (exact) mass is 211 g/mol. The lowest BCUT2D eigenvalue weighted by molar-refractivity contribution is 0.111. The Balaban J connectivity index is 2.23. The van der Waals surface area contributed by atoms with Gasteiger partial charge in [-0.3, -0.25) is 9.89 Å². The highest BCUT2D eigenvalue weighted by atomic mass is 32.2. The molecule has 0 amide bonds. The van der Waals surface area contributed by atoms with Gasteiger partial charge in [-0.1, -0.05) is 6.92 Å². The molecule has 0 aromatic carbocycles. The molecule has 1 aromatic rings. The molecule has 0 radical (unpaired) electrons. The van der Waals surface area contributed by atoms with Crippen LogP contribution < -0.4 is 0 Å². The van der Waals surface area contributed by atoms with Crippen LogP contribution in [0.15, 0.2) is 0 Å². The molecule has 0 spiro atoms. The molecule has 5 heteroatoms. The smallest absolute Gasteiger partial charge is 0.214 e. The van der Waals surface area contributed by atoms with Gasteiger partial charge in [-0.25, -0.2) is 4.98 Å². The standard InChI is InChI=1S/C9H13N3OS/c1-9(2-4-14-5-3-9)8-10-7(6-13)11-12-8/h6H,2-5H2,1H3,(H,10,11,12). The minimum absolute atomic E-state index is 0.0828. The molecule has 1 aromatic heterocycles. The number of aldehydes is 1. The predicted molar refractivity (Wildman–Crippen MR) is 55.7 cm³/mol. The number of carbonyl (C=O) groups is 1. The molecule has 0 unspecified atom stereocenters. The molecular weight excluding hydrogens is 198 g/mol. The number of thioether (sulfide) groups is 1. The van der Waals surface area contributed by atoms with E-state index in [9.17, 15) is 4.79 Å². The summed E-state index contributed by atoms with van der Waals surface area (Å²) in [6.45, 7) is 2.18. The van der Waals surface area contributed by atoms with Gasteiger partial charge in [0.2, 0.25) is 5.82 Å². The first-order valence-corrected chi connectivity index (χ1v) is 5.86. The number of aromatic nitrogens is 3. The van der Waals surface area contributed by atoms with Crippen LogP contribution in [0.3, 0.4) is 0 Å². The Labute approximate surface area is 86.9 Å². The summed E-state index contributed by atoms with van der Waals surface area (Å²) in [4.78, 5) is 14.6. The van der Waals surface area contributed by atoms with E-state index < -0.39 is 0 Å². The molecule has 4 nitrogen and oxygen atoms in total. The third-order valence-electron chi connectivity index (χ3n) is 2.78. The highest BCUT2D eigenvalue weighted by Crippen LogP contribution is 2.35. The molecule has 0 atom stereocenters. The number of hydrogen-bond donors (Lipinski definition) is 1. The van der Waals surface area contributed by atoms with Crippen molar-refractivity contribution in [1.29, 1.82) is 0 Å². The first-order chi connectivity index (χ1) is 6.74. The van der Waals surface area contributed by atoms with Crippen molar-refractivity contribution in [3.05, 3.63) is 11.6 Å². The van der Waals surface area contributed by atoms with Crippen molar-refractivity contribution in [1.82, 2.24) is 15.2 Å². The maximum atomic E-state index is 10.5. The molecule has 0 bridgehead atoms. The maximum Gasteiger partial charge on any atom is 0.214 e. The van der Waals surface area contributed by atoms with Crippen LogP contribution in [0.4, 0.5) is 0 Å². The van der Waals surface area contributed by atoms with Gasteiger partial charge in [0.25, 0.3) is 0 Å². The average molecular weight is 211 g/mol. The van der Waals surface area contributed by atoms with E-state index in [-0.39, 0.29) is 11.2 Å². The fourth-order valence-electron chi connectivity index (χ4n) is 1.66. The number of carbonyl (C=O) groups excluding carboxylic acids is 1. The average Bonchev–Trinajstić information content (AvgIpc) is 2.67. The number of nitrogens with one attached hydrogen (secondary N) is 1. The third kappa shape index (κ3) is 1.68. The van der Waals surface area contributed by atoms with Crippen LogP contribution >= 0.6 is 11.8 Å². The summed E-state index contributed by atoms with van der Waals surface area (Å²) in [5, 5.41) is 6.71. The Morgan fingerprint density at radius 3 is 2.79 bits per heavy atom. The van der Waals surface area contributed by atoms with Crippen molar-refractivity contribution in [2.24, 2.45) is 0 Å². The predicted octanol–water partition coefficient (Wildman–Crippen LogP) is 1.40. The summed E-state index contributed by atoms with van der Waals surface area (Å²) in [5.74, 6) is 3.45. The molecule has 0 aliphatic carbocycles. The first kappa shape index (κ1) is 9.71. The molecule has 14 heavy (non-hydrogen) atoms. The van der Waals surface area contributed by atoms with Crippen molar-refractivity contribution in [2.75, 3.05) is 11.5 Å². The first-order valence-electron chi connectivity index (χ1n) is 4.70. The van der Waals surface area contributed by atoms with E-state index in [0.717, 1.165) is 30.2 Å². The summed E-state index contributed by atoms with van der Waals surface area (Å²) in [6, 6.07) is 0. The molecule has 2 heterocycles. The maximum absolute atomic E-state index is 10.5. The molecular formula is C9H13N3OS. The zero-order valence-electron chi connectivity index (χ0n) is 8.12. The summed E-state index contributed by atoms with van der Waals surface area (Å²) < 4.78 is 0. The van der Waals surface area contributed by atoms with E-state index in [0.29, 0.717) is 6.29 Å². The lowest BCUT2D eigenvalue weighted by atomic mass is 9.83. The Morgan fingerprint density at radius 2 is 2.21 bits per heavy atom. The SMILES string of the molecule is CC1(c2nc(C=O)n[nH]2)CCSCC1. The number of rotatable bonds is 2. The fourth-order valence-corrected chi connectivity index (χ4v) is 3.05. The van der Waals surface area contributed by atoms with E-state index >= 15 is 0 Å². The van der Waals surface area contributed by atoms with E-state index in [1.54, 1.807) is 0 Å². The van der Waals surface area contributed by atoms with Gasteiger partial charge in [-0.2, -0.15) is 16.9 Å². The Bertz CT molecular complexity index is 331. The van der Waals surface area contributed by atoms with E-state index in [1.807, 2.05) is 11.8 Å². The largest absolute Gasteiger partial charge is 0.294 e. The van der Waals surface area contributed by atoms with Gasteiger partial charge in [0.15, 0.2) is 6.29 Å². The minimum atomic E-state index is 0.0828. The molecule has 1 aliphatic heterocycles. The van der Waals surface area contributed by atoms with Gasteiger partial charge in [-0.05, 0) is 24.3 Å². The highest BCUT2D eigenvalue weighted by Gasteiger charge is 2.32. The van der Waals surface area contributed by atoms with Gasteiger partial charge >= 0.3 is 0 Å². The van der Waals surface area contributed by atoms with Crippen molar-refractivity contribution < 1.29 is 4.79 Å². The molecule has 2 rings (SSSR count). The molecule has 1 N–H and O–H groups in total. The number of nitrogens with zero attached hydrogens (tertiary/aromatic N) is 2. The number of aromatic amines is 1. The van der Waals surface area contributed by atoms with Gasteiger partial charge in [0.05, 0.1) is 0 Å². The van der Waals surface area contributed by atoms with Crippen LogP contribution in [0.2, 0.25) is 0 Å². The topological polar surface area (TPSA) is 58.6 Å². The zero-order valence-corrected chi connectivity index (χ0v) is 8.93. The summed E-state index contributed by atoms with van der Waals surface area (Å²) in [6.07, 6.45) is 2.89. The Kier molecular flexibility index (Phi) is 2.58. The molecule has 1 aliphatic rings. The van der Waals surface area contributed by atoms with Crippen LogP contribution in [-0.2, 0) is 5.41 Å². The van der Waals surface area contributed by atoms with Crippen LogP contribution in [-0.4, -0.2) is 33.0 Å². The minimum Gasteiger partial charge on any atom is -0.294 e. The normalized spacial score (nSPS) is 20.6. The molecule has 0 saturated carbocycles. The molecule has 1 fully saturated rings. The second-order valence-electron chi connectivity index (χ2n) is 3.83. The summed E-state index contributed by atoms with van der Waals surface area (Å²) in [5.41, 5.74) is 0.0828. The van der Waals surface area contributed by atoms with Gasteiger partial charge in [0, 0.05) is 5.41 Å². The lowest BCUT2D eigenvalue weighted by Crippen LogP contribution is -2.28. The van der Waals surface area contributed by atoms with Crippen LogP contribution in [0.1, 0.15) is 36.2 Å². The van der Waals surface area contributed by atoms with Crippen molar-refractivity contribution in [3.8, 4) is 0 Å². The fraction of sp³-hybridized carbons (Fsp3) is 0.667. The molecule has 76 valence electrons. The highest BCUT2D eigenvalue weighted by molar-refractivity contribution is 7.99. The summed E-state index contributed by atoms with van der Waals surface area (Å²) >= 11 is 1.97. The van der Waals surface area contributed by atoms with Gasteiger partial charge in [0.1, 0.15) is 5.82 Å². The van der Waals surface area contributed by atoms with Crippen molar-refractivity contribution in [2.45, 2.75) is 25.2 Å². The van der Waals surface area contributed by atoms with Gasteiger partial charge in [-0.15, -0.1) is 0 Å². The van der Waals surface area contributed by atoms with Crippen molar-refractivity contribution in [3.63, 3.8) is 0 Å². The van der Waals surface area contributed by atoms with Crippen LogP contribution in [0, 0.1) is 0 Å². The second-order valence-corrected chi connectivity index (χ2v) is 5.06. The second kappa shape index (κ2) is 3.73. The number of H-pyrrole nitrogens is 1. The lowest BCUT2D eigenvalue weighted by Gasteiger charge is -2.30.